The zero-order valence-corrected chi connectivity index (χ0v) is 11.6. The minimum absolute atomic E-state index is 0.357. The first kappa shape index (κ1) is 13.4. The largest absolute Gasteiger partial charge is 0.290 e. The highest BCUT2D eigenvalue weighted by Crippen LogP contribution is 2.14. The number of hydrogen-bond donors (Lipinski definition) is 1. The van der Waals surface area contributed by atoms with E-state index < -0.39 is 5.91 Å². The summed E-state index contributed by atoms with van der Waals surface area (Å²) in [6, 6.07) is 5.90. The van der Waals surface area contributed by atoms with Crippen molar-refractivity contribution < 1.29 is 9.18 Å². The average Bonchev–Trinajstić information content (AvgIpc) is 2.69. The second-order valence-electron chi connectivity index (χ2n) is 3.72. The molecular formula is C12H10BrFN4O. The van der Waals surface area contributed by atoms with Crippen molar-refractivity contribution in [3.05, 3.63) is 52.0 Å². The fraction of sp³-hybridized carbons (Fsp3) is 0.0833. The number of hydrogen-bond acceptors (Lipinski definition) is 3. The molecule has 1 aromatic heterocycles. The van der Waals surface area contributed by atoms with Gasteiger partial charge in [-0.25, -0.2) is 9.82 Å². The molecule has 0 unspecified atom stereocenters. The Kier molecular flexibility index (Phi) is 4.06. The number of carbonyl (C=O) groups excluding carboxylic acids is 1. The van der Waals surface area contributed by atoms with Crippen LogP contribution in [-0.2, 0) is 7.05 Å². The number of hydrazone groups is 1. The van der Waals surface area contributed by atoms with E-state index in [0.29, 0.717) is 15.7 Å². The van der Waals surface area contributed by atoms with Gasteiger partial charge in [0, 0.05) is 7.05 Å². The first-order chi connectivity index (χ1) is 9.08. The lowest BCUT2D eigenvalue weighted by Gasteiger charge is -2.00. The van der Waals surface area contributed by atoms with E-state index in [0.717, 1.165) is 0 Å². The lowest BCUT2D eigenvalue weighted by molar-refractivity contribution is 0.0945. The normalized spacial score (nSPS) is 10.9. The first-order valence-electron chi connectivity index (χ1n) is 5.34. The van der Waals surface area contributed by atoms with Crippen LogP contribution in [0.3, 0.4) is 0 Å². The predicted octanol–water partition coefficient (Wildman–Crippen LogP) is 2.09. The number of nitrogens with one attached hydrogen (secondary N) is 1. The number of halogens is 2. The summed E-state index contributed by atoms with van der Waals surface area (Å²) in [5.41, 5.74) is 3.27. The van der Waals surface area contributed by atoms with Gasteiger partial charge in [0.05, 0.1) is 16.9 Å². The van der Waals surface area contributed by atoms with Crippen molar-refractivity contribution in [1.82, 2.24) is 15.2 Å². The maximum Gasteiger partial charge on any atom is 0.290 e. The van der Waals surface area contributed by atoms with E-state index in [1.807, 2.05) is 0 Å². The maximum absolute atomic E-state index is 12.9. The van der Waals surface area contributed by atoms with Crippen LogP contribution in [-0.4, -0.2) is 21.9 Å². The molecule has 0 aliphatic rings. The number of aromatic nitrogens is 2. The van der Waals surface area contributed by atoms with Gasteiger partial charge in [0.15, 0.2) is 0 Å². The van der Waals surface area contributed by atoms with Gasteiger partial charge < -0.3 is 0 Å². The van der Waals surface area contributed by atoms with Gasteiger partial charge in [-0.05, 0) is 33.6 Å². The fourth-order valence-corrected chi connectivity index (χ4v) is 2.00. The summed E-state index contributed by atoms with van der Waals surface area (Å²) in [6.45, 7) is 0. The molecule has 2 aromatic rings. The van der Waals surface area contributed by atoms with Crippen LogP contribution < -0.4 is 5.43 Å². The van der Waals surface area contributed by atoms with Crippen LogP contribution in [0.25, 0.3) is 0 Å². The minimum Gasteiger partial charge on any atom is -0.266 e. The van der Waals surface area contributed by atoms with Gasteiger partial charge in [-0.15, -0.1) is 0 Å². The Labute approximate surface area is 117 Å². The van der Waals surface area contributed by atoms with Gasteiger partial charge in [-0.2, -0.15) is 10.2 Å². The summed E-state index contributed by atoms with van der Waals surface area (Å²) in [7, 11) is 1.65. The molecule has 0 saturated heterocycles. The molecule has 0 spiro atoms. The van der Waals surface area contributed by atoms with E-state index in [1.54, 1.807) is 19.2 Å². The molecule has 1 N–H and O–H groups in total. The molecule has 1 aromatic carbocycles. The number of rotatable bonds is 3. The van der Waals surface area contributed by atoms with Crippen LogP contribution in [0.1, 0.15) is 16.1 Å². The lowest BCUT2D eigenvalue weighted by atomic mass is 10.2. The van der Waals surface area contributed by atoms with Crippen molar-refractivity contribution >= 4 is 28.1 Å². The molecule has 5 nitrogen and oxygen atoms in total. The molecular weight excluding hydrogens is 315 g/mol. The standard InChI is InChI=1S/C12H10BrFN4O/c1-18-11(10(13)7-16-18)12(19)17-15-6-8-3-2-4-9(14)5-8/h2-7H,1H3,(H,17,19)/b15-6+. The van der Waals surface area contributed by atoms with Crippen LogP contribution in [0, 0.1) is 5.82 Å². The molecule has 98 valence electrons. The zero-order chi connectivity index (χ0) is 13.8. The third-order valence-electron chi connectivity index (χ3n) is 2.34. The second-order valence-corrected chi connectivity index (χ2v) is 4.57. The second kappa shape index (κ2) is 5.75. The molecule has 19 heavy (non-hydrogen) atoms. The van der Waals surface area contributed by atoms with E-state index in [9.17, 15) is 9.18 Å². The van der Waals surface area contributed by atoms with Crippen molar-refractivity contribution in [2.24, 2.45) is 12.1 Å². The number of aryl methyl sites for hydroxylation is 1. The van der Waals surface area contributed by atoms with E-state index in [-0.39, 0.29) is 5.82 Å². The average molecular weight is 325 g/mol. The molecule has 0 atom stereocenters. The smallest absolute Gasteiger partial charge is 0.266 e. The molecule has 0 fully saturated rings. The zero-order valence-electron chi connectivity index (χ0n) is 9.97. The predicted molar refractivity (Wildman–Crippen MR) is 72.4 cm³/mol. The molecule has 1 amide bonds. The lowest BCUT2D eigenvalue weighted by Crippen LogP contribution is -2.21. The fourth-order valence-electron chi connectivity index (χ4n) is 1.47. The van der Waals surface area contributed by atoms with Crippen LogP contribution in [0.2, 0.25) is 0 Å². The summed E-state index contributed by atoms with van der Waals surface area (Å²) in [5, 5.41) is 7.69. The molecule has 1 heterocycles. The van der Waals surface area contributed by atoms with Crippen LogP contribution in [0.5, 0.6) is 0 Å². The van der Waals surface area contributed by atoms with Crippen LogP contribution in [0.4, 0.5) is 4.39 Å². The summed E-state index contributed by atoms with van der Waals surface area (Å²) in [6.07, 6.45) is 2.89. The molecule has 0 aliphatic heterocycles. The summed E-state index contributed by atoms with van der Waals surface area (Å²) >= 11 is 3.22. The Balaban J connectivity index is 2.05. The molecule has 0 radical (unpaired) electrons. The summed E-state index contributed by atoms with van der Waals surface area (Å²) < 4.78 is 14.9. The highest BCUT2D eigenvalue weighted by molar-refractivity contribution is 9.10. The van der Waals surface area contributed by atoms with Crippen molar-refractivity contribution in [3.8, 4) is 0 Å². The molecule has 0 aliphatic carbocycles. The van der Waals surface area contributed by atoms with E-state index in [4.69, 9.17) is 0 Å². The Morgan fingerprint density at radius 3 is 3.00 bits per heavy atom. The highest BCUT2D eigenvalue weighted by atomic mass is 79.9. The van der Waals surface area contributed by atoms with Crippen LogP contribution >= 0.6 is 15.9 Å². The topological polar surface area (TPSA) is 59.3 Å². The summed E-state index contributed by atoms with van der Waals surface area (Å²) in [5.74, 6) is -0.760. The van der Waals surface area contributed by atoms with Gasteiger partial charge in [0.1, 0.15) is 11.5 Å². The van der Waals surface area contributed by atoms with Crippen LogP contribution in [0.15, 0.2) is 40.0 Å². The molecule has 2 rings (SSSR count). The van der Waals surface area contributed by atoms with Gasteiger partial charge in [-0.1, -0.05) is 12.1 Å². The van der Waals surface area contributed by atoms with Crippen molar-refractivity contribution in [1.29, 1.82) is 0 Å². The monoisotopic (exact) mass is 324 g/mol. The van der Waals surface area contributed by atoms with E-state index in [2.05, 4.69) is 31.6 Å². The van der Waals surface area contributed by atoms with E-state index in [1.165, 1.54) is 29.2 Å². The third-order valence-corrected chi connectivity index (χ3v) is 2.92. The minimum atomic E-state index is -0.403. The number of benzene rings is 1. The number of nitrogens with zero attached hydrogens (tertiary/aromatic N) is 3. The Morgan fingerprint density at radius 1 is 1.58 bits per heavy atom. The molecule has 0 bridgehead atoms. The Bertz CT molecular complexity index is 619. The third kappa shape index (κ3) is 3.25. The molecule has 7 heteroatoms. The number of carbonyl (C=O) groups is 1. The Hall–Kier alpha value is -2.02. The molecule has 0 saturated carbocycles. The Morgan fingerprint density at radius 2 is 2.37 bits per heavy atom. The first-order valence-corrected chi connectivity index (χ1v) is 6.13. The van der Waals surface area contributed by atoms with Crippen molar-refractivity contribution in [2.45, 2.75) is 0 Å². The van der Waals surface area contributed by atoms with Gasteiger partial charge >= 0.3 is 0 Å². The quantitative estimate of drug-likeness (QED) is 0.694. The highest BCUT2D eigenvalue weighted by Gasteiger charge is 2.14. The van der Waals surface area contributed by atoms with Crippen molar-refractivity contribution in [3.63, 3.8) is 0 Å². The van der Waals surface area contributed by atoms with Gasteiger partial charge in [0.2, 0.25) is 0 Å². The number of amides is 1. The van der Waals surface area contributed by atoms with Gasteiger partial charge in [0.25, 0.3) is 5.91 Å². The SMILES string of the molecule is Cn1ncc(Br)c1C(=O)N/N=C/c1cccc(F)c1. The maximum atomic E-state index is 12.9. The van der Waals surface area contributed by atoms with E-state index >= 15 is 0 Å². The van der Waals surface area contributed by atoms with Crippen molar-refractivity contribution in [2.75, 3.05) is 0 Å². The summed E-state index contributed by atoms with van der Waals surface area (Å²) in [4.78, 5) is 11.8. The van der Waals surface area contributed by atoms with Gasteiger partial charge in [-0.3, -0.25) is 9.48 Å².